The van der Waals surface area contributed by atoms with E-state index in [1.165, 1.54) is 5.56 Å². The van der Waals surface area contributed by atoms with E-state index in [4.69, 9.17) is 17.0 Å². The van der Waals surface area contributed by atoms with Gasteiger partial charge >= 0.3 is 0 Å². The van der Waals surface area contributed by atoms with Gasteiger partial charge in [0.2, 0.25) is 0 Å². The van der Waals surface area contributed by atoms with Crippen molar-refractivity contribution in [3.8, 4) is 0 Å². The molecule has 2 heterocycles. The Kier molecular flexibility index (Phi) is 6.68. The van der Waals surface area contributed by atoms with E-state index < -0.39 is 0 Å². The molecule has 0 aliphatic carbocycles. The average molecular weight is 436 g/mol. The van der Waals surface area contributed by atoms with Gasteiger partial charge in [0.05, 0.1) is 18.2 Å². The molecule has 0 saturated carbocycles. The number of ether oxygens (including phenoxy) is 1. The van der Waals surface area contributed by atoms with Gasteiger partial charge < -0.3 is 19.9 Å². The number of thiocarbonyl (C=S) groups is 1. The zero-order valence-corrected chi connectivity index (χ0v) is 18.9. The molecule has 1 unspecified atom stereocenters. The standard InChI is InChI=1S/C25H29N3O2S/c1-3-18-9-4-5-12-22(18)26-25(31)28(16-21-11-7-13-30-21)15-20-14-19-10-6-8-17(2)23(19)27-24(20)29/h4-6,8-10,12,14,21H,3,7,11,13,15-16H2,1-2H3,(H,26,31)(H,27,29). The second-order valence-electron chi connectivity index (χ2n) is 8.12. The minimum atomic E-state index is -0.0732. The first-order valence-electron chi connectivity index (χ1n) is 10.9. The van der Waals surface area contributed by atoms with Gasteiger partial charge in [-0.15, -0.1) is 0 Å². The molecular formula is C25H29N3O2S. The highest BCUT2D eigenvalue weighted by Crippen LogP contribution is 2.20. The van der Waals surface area contributed by atoms with Crippen LogP contribution in [-0.4, -0.2) is 34.3 Å². The van der Waals surface area contributed by atoms with Crippen molar-refractivity contribution in [1.82, 2.24) is 9.88 Å². The molecule has 1 atom stereocenters. The quantitative estimate of drug-likeness (QED) is 0.546. The molecule has 3 aromatic rings. The van der Waals surface area contributed by atoms with Gasteiger partial charge in [-0.05, 0) is 67.0 Å². The van der Waals surface area contributed by atoms with Crippen molar-refractivity contribution in [3.63, 3.8) is 0 Å². The Morgan fingerprint density at radius 3 is 2.84 bits per heavy atom. The maximum Gasteiger partial charge on any atom is 0.253 e. The molecule has 0 radical (unpaired) electrons. The third-order valence-corrected chi connectivity index (χ3v) is 6.26. The lowest BCUT2D eigenvalue weighted by atomic mass is 10.1. The first kappa shape index (κ1) is 21.5. The molecule has 0 spiro atoms. The summed E-state index contributed by atoms with van der Waals surface area (Å²) in [5.74, 6) is 0. The molecule has 5 nitrogen and oxygen atoms in total. The third kappa shape index (κ3) is 4.97. The normalized spacial score (nSPS) is 15.9. The van der Waals surface area contributed by atoms with Crippen molar-refractivity contribution in [2.75, 3.05) is 18.5 Å². The third-order valence-electron chi connectivity index (χ3n) is 5.90. The van der Waals surface area contributed by atoms with Crippen LogP contribution in [0, 0.1) is 6.92 Å². The van der Waals surface area contributed by atoms with E-state index in [0.717, 1.165) is 48.0 Å². The van der Waals surface area contributed by atoms with E-state index >= 15 is 0 Å². The Morgan fingerprint density at radius 2 is 2.06 bits per heavy atom. The number of rotatable bonds is 6. The fourth-order valence-corrected chi connectivity index (χ4v) is 4.40. The van der Waals surface area contributed by atoms with Crippen molar-refractivity contribution >= 4 is 33.9 Å². The highest BCUT2D eigenvalue weighted by atomic mass is 32.1. The number of aryl methyl sites for hydroxylation is 2. The number of pyridine rings is 1. The van der Waals surface area contributed by atoms with E-state index in [-0.39, 0.29) is 11.7 Å². The van der Waals surface area contributed by atoms with Gasteiger partial charge in [-0.2, -0.15) is 0 Å². The van der Waals surface area contributed by atoms with Crippen LogP contribution >= 0.6 is 12.2 Å². The Morgan fingerprint density at radius 1 is 1.23 bits per heavy atom. The molecule has 1 fully saturated rings. The van der Waals surface area contributed by atoms with E-state index in [9.17, 15) is 4.79 Å². The van der Waals surface area contributed by atoms with Crippen molar-refractivity contribution in [2.24, 2.45) is 0 Å². The van der Waals surface area contributed by atoms with Crippen molar-refractivity contribution < 1.29 is 4.74 Å². The second-order valence-corrected chi connectivity index (χ2v) is 8.51. The van der Waals surface area contributed by atoms with Gasteiger partial charge in [0.1, 0.15) is 0 Å². The van der Waals surface area contributed by atoms with E-state index in [2.05, 4.69) is 28.2 Å². The molecule has 1 aliphatic rings. The van der Waals surface area contributed by atoms with E-state index in [0.29, 0.717) is 23.8 Å². The number of fused-ring (bicyclic) bond motifs is 1. The highest BCUT2D eigenvalue weighted by molar-refractivity contribution is 7.80. The molecule has 0 bridgehead atoms. The lowest BCUT2D eigenvalue weighted by Gasteiger charge is -2.28. The molecule has 1 saturated heterocycles. The van der Waals surface area contributed by atoms with Crippen LogP contribution in [-0.2, 0) is 17.7 Å². The molecular weight excluding hydrogens is 406 g/mol. The monoisotopic (exact) mass is 435 g/mol. The number of H-pyrrole nitrogens is 1. The minimum absolute atomic E-state index is 0.0732. The van der Waals surface area contributed by atoms with Crippen LogP contribution < -0.4 is 10.9 Å². The summed E-state index contributed by atoms with van der Waals surface area (Å²) in [5.41, 5.74) is 4.79. The SMILES string of the molecule is CCc1ccccc1NC(=S)N(Cc1cc2cccc(C)c2[nH]c1=O)CC1CCCO1. The molecule has 162 valence electrons. The van der Waals surface area contributed by atoms with Crippen molar-refractivity contribution in [2.45, 2.75) is 45.8 Å². The highest BCUT2D eigenvalue weighted by Gasteiger charge is 2.22. The molecule has 2 aromatic carbocycles. The fourth-order valence-electron chi connectivity index (χ4n) is 4.15. The summed E-state index contributed by atoms with van der Waals surface area (Å²) >= 11 is 5.81. The summed E-state index contributed by atoms with van der Waals surface area (Å²) in [4.78, 5) is 18.0. The number of hydrogen-bond donors (Lipinski definition) is 2. The molecule has 0 amide bonds. The number of hydrogen-bond acceptors (Lipinski definition) is 3. The first-order valence-corrected chi connectivity index (χ1v) is 11.3. The molecule has 1 aliphatic heterocycles. The lowest BCUT2D eigenvalue weighted by Crippen LogP contribution is -2.40. The number of benzene rings is 2. The Balaban J connectivity index is 1.62. The lowest BCUT2D eigenvalue weighted by molar-refractivity contribution is 0.0904. The van der Waals surface area contributed by atoms with Gasteiger partial charge in [-0.1, -0.05) is 43.3 Å². The molecule has 2 N–H and O–H groups in total. The summed E-state index contributed by atoms with van der Waals surface area (Å²) in [6.07, 6.45) is 3.12. The minimum Gasteiger partial charge on any atom is -0.376 e. The molecule has 6 heteroatoms. The Hall–Kier alpha value is -2.70. The summed E-state index contributed by atoms with van der Waals surface area (Å²) in [6.45, 7) is 6.01. The zero-order chi connectivity index (χ0) is 21.8. The Bertz CT molecular complexity index is 1140. The van der Waals surface area contributed by atoms with Gasteiger partial charge in [-0.3, -0.25) is 4.79 Å². The van der Waals surface area contributed by atoms with Crippen LogP contribution in [0.3, 0.4) is 0 Å². The van der Waals surface area contributed by atoms with Gasteiger partial charge in [0, 0.05) is 24.4 Å². The largest absolute Gasteiger partial charge is 0.376 e. The van der Waals surface area contributed by atoms with Crippen molar-refractivity contribution in [1.29, 1.82) is 0 Å². The number of nitrogens with one attached hydrogen (secondary N) is 2. The number of aromatic nitrogens is 1. The predicted octanol–water partition coefficient (Wildman–Crippen LogP) is 4.78. The maximum atomic E-state index is 12.9. The van der Waals surface area contributed by atoms with Crippen LogP contribution in [0.2, 0.25) is 0 Å². The number of para-hydroxylation sites is 2. The number of nitrogens with zero attached hydrogens (tertiary/aromatic N) is 1. The van der Waals surface area contributed by atoms with Crippen molar-refractivity contribution in [3.05, 3.63) is 75.6 Å². The number of anilines is 1. The summed E-state index contributed by atoms with van der Waals surface area (Å²) in [6, 6.07) is 16.2. The van der Waals surface area contributed by atoms with E-state index in [1.54, 1.807) is 0 Å². The van der Waals surface area contributed by atoms with Gasteiger partial charge in [0.15, 0.2) is 5.11 Å². The smallest absolute Gasteiger partial charge is 0.253 e. The van der Waals surface area contributed by atoms with Crippen LogP contribution in [0.25, 0.3) is 10.9 Å². The van der Waals surface area contributed by atoms with Gasteiger partial charge in [0.25, 0.3) is 5.56 Å². The van der Waals surface area contributed by atoms with Crippen LogP contribution in [0.5, 0.6) is 0 Å². The first-order chi connectivity index (χ1) is 15.0. The molecule has 1 aromatic heterocycles. The zero-order valence-electron chi connectivity index (χ0n) is 18.1. The summed E-state index contributed by atoms with van der Waals surface area (Å²) in [7, 11) is 0. The fraction of sp³-hybridized carbons (Fsp3) is 0.360. The number of aromatic amines is 1. The molecule has 4 rings (SSSR count). The maximum absolute atomic E-state index is 12.9. The van der Waals surface area contributed by atoms with Crippen LogP contribution in [0.1, 0.15) is 36.5 Å². The van der Waals surface area contributed by atoms with Crippen LogP contribution in [0.4, 0.5) is 5.69 Å². The Labute approximate surface area is 188 Å². The van der Waals surface area contributed by atoms with E-state index in [1.807, 2.05) is 49.4 Å². The second kappa shape index (κ2) is 9.62. The predicted molar refractivity (Wildman–Crippen MR) is 131 cm³/mol. The topological polar surface area (TPSA) is 57.4 Å². The average Bonchev–Trinajstić information content (AvgIpc) is 3.28. The summed E-state index contributed by atoms with van der Waals surface area (Å²) in [5, 5.41) is 5.05. The molecule has 31 heavy (non-hydrogen) atoms. The summed E-state index contributed by atoms with van der Waals surface area (Å²) < 4.78 is 5.87. The van der Waals surface area contributed by atoms with Gasteiger partial charge in [-0.25, -0.2) is 0 Å². The van der Waals surface area contributed by atoms with Crippen LogP contribution in [0.15, 0.2) is 53.3 Å².